The molecule has 1 N–H and O–H groups in total. The summed E-state index contributed by atoms with van der Waals surface area (Å²) in [4.78, 5) is 10.6. The van der Waals surface area contributed by atoms with E-state index in [1.165, 1.54) is 6.07 Å². The lowest BCUT2D eigenvalue weighted by molar-refractivity contribution is 0.0685. The Morgan fingerprint density at radius 2 is 2.26 bits per heavy atom. The molecular weight excluding hydrogens is 270 g/mol. The number of benzene rings is 1. The number of aromatic nitrogens is 1. The summed E-state index contributed by atoms with van der Waals surface area (Å²) >= 11 is 6.00. The minimum atomic E-state index is -1.13. The lowest BCUT2D eigenvalue weighted by Gasteiger charge is -2.06. The molecule has 6 heteroatoms. The largest absolute Gasteiger partial charge is 0.486 e. The quantitative estimate of drug-likeness (QED) is 0.911. The van der Waals surface area contributed by atoms with Gasteiger partial charge in [0.15, 0.2) is 11.5 Å². The molecule has 1 heterocycles. The first kappa shape index (κ1) is 13.4. The smallest absolute Gasteiger partial charge is 0.358 e. The second-order valence-corrected chi connectivity index (χ2v) is 4.29. The Labute approximate surface area is 114 Å². The number of carboxylic acids is 1. The van der Waals surface area contributed by atoms with Crippen molar-refractivity contribution in [2.24, 2.45) is 0 Å². The molecule has 0 spiro atoms. The Morgan fingerprint density at radius 1 is 1.47 bits per heavy atom. The fraction of sp³-hybridized carbons (Fsp3) is 0.231. The van der Waals surface area contributed by atoms with E-state index in [4.69, 9.17) is 26.0 Å². The van der Waals surface area contributed by atoms with Crippen molar-refractivity contribution in [2.45, 2.75) is 20.0 Å². The Morgan fingerprint density at radius 3 is 2.89 bits per heavy atom. The summed E-state index contributed by atoms with van der Waals surface area (Å²) in [5.41, 5.74) is 0.854. The van der Waals surface area contributed by atoms with E-state index in [9.17, 15) is 4.79 Å². The van der Waals surface area contributed by atoms with E-state index in [0.29, 0.717) is 16.5 Å². The summed E-state index contributed by atoms with van der Waals surface area (Å²) in [6, 6.07) is 6.69. The zero-order chi connectivity index (χ0) is 13.8. The SMILES string of the molecule is CCc1cc(OCc2cc(C(=O)O)no2)ccc1Cl. The van der Waals surface area contributed by atoms with Crippen molar-refractivity contribution in [1.29, 1.82) is 0 Å². The van der Waals surface area contributed by atoms with E-state index in [1.54, 1.807) is 12.1 Å². The van der Waals surface area contributed by atoms with Gasteiger partial charge in [-0.25, -0.2) is 4.79 Å². The monoisotopic (exact) mass is 281 g/mol. The van der Waals surface area contributed by atoms with E-state index >= 15 is 0 Å². The molecule has 2 rings (SSSR count). The van der Waals surface area contributed by atoms with Gasteiger partial charge in [0, 0.05) is 11.1 Å². The van der Waals surface area contributed by atoms with Crippen LogP contribution in [0.15, 0.2) is 28.8 Å². The van der Waals surface area contributed by atoms with Crippen molar-refractivity contribution in [3.63, 3.8) is 0 Å². The summed E-state index contributed by atoms with van der Waals surface area (Å²) in [5.74, 6) is -0.130. The summed E-state index contributed by atoms with van der Waals surface area (Å²) in [6.07, 6.45) is 0.807. The van der Waals surface area contributed by atoms with E-state index in [-0.39, 0.29) is 12.3 Å². The van der Waals surface area contributed by atoms with Crippen LogP contribution in [0.4, 0.5) is 0 Å². The molecule has 0 fully saturated rings. The summed E-state index contributed by atoms with van der Waals surface area (Å²) in [6.45, 7) is 2.12. The third kappa shape index (κ3) is 3.26. The van der Waals surface area contributed by atoms with Gasteiger partial charge in [-0.2, -0.15) is 0 Å². The molecule has 0 atom stereocenters. The first-order valence-corrected chi connectivity index (χ1v) is 6.08. The number of ether oxygens (including phenoxy) is 1. The van der Waals surface area contributed by atoms with Crippen LogP contribution in [0.3, 0.4) is 0 Å². The van der Waals surface area contributed by atoms with Gasteiger partial charge >= 0.3 is 5.97 Å². The predicted octanol–water partition coefficient (Wildman–Crippen LogP) is 3.17. The van der Waals surface area contributed by atoms with Crippen molar-refractivity contribution < 1.29 is 19.2 Å². The highest BCUT2D eigenvalue weighted by Gasteiger charge is 2.11. The molecule has 5 nitrogen and oxygen atoms in total. The second-order valence-electron chi connectivity index (χ2n) is 3.88. The van der Waals surface area contributed by atoms with Gasteiger partial charge in [-0.3, -0.25) is 0 Å². The molecule has 19 heavy (non-hydrogen) atoms. The van der Waals surface area contributed by atoms with Crippen molar-refractivity contribution in [2.75, 3.05) is 0 Å². The molecule has 1 aromatic carbocycles. The van der Waals surface area contributed by atoms with Gasteiger partial charge in [-0.05, 0) is 30.2 Å². The normalized spacial score (nSPS) is 10.4. The van der Waals surface area contributed by atoms with Crippen LogP contribution >= 0.6 is 11.6 Å². The Bertz CT molecular complexity index is 594. The topological polar surface area (TPSA) is 72.6 Å². The van der Waals surface area contributed by atoms with Gasteiger partial charge in [0.2, 0.25) is 0 Å². The van der Waals surface area contributed by atoms with Crippen LogP contribution in [0, 0.1) is 0 Å². The minimum Gasteiger partial charge on any atom is -0.486 e. The molecule has 100 valence electrons. The second kappa shape index (κ2) is 5.75. The maximum Gasteiger partial charge on any atom is 0.358 e. The number of halogens is 1. The minimum absolute atomic E-state index is 0.116. The molecule has 0 unspecified atom stereocenters. The number of hydrogen-bond donors (Lipinski definition) is 1. The van der Waals surface area contributed by atoms with Crippen LogP contribution in [0.2, 0.25) is 5.02 Å². The molecule has 1 aromatic heterocycles. The highest BCUT2D eigenvalue weighted by molar-refractivity contribution is 6.31. The van der Waals surface area contributed by atoms with Crippen LogP contribution in [-0.2, 0) is 13.0 Å². The number of carboxylic acid groups (broad SMARTS) is 1. The van der Waals surface area contributed by atoms with Crippen LogP contribution in [-0.4, -0.2) is 16.2 Å². The molecule has 0 radical (unpaired) electrons. The maximum absolute atomic E-state index is 10.6. The van der Waals surface area contributed by atoms with Crippen LogP contribution in [0.1, 0.15) is 28.7 Å². The molecule has 0 aliphatic rings. The van der Waals surface area contributed by atoms with Crippen LogP contribution in [0.25, 0.3) is 0 Å². The highest BCUT2D eigenvalue weighted by atomic mass is 35.5. The van der Waals surface area contributed by atoms with Crippen molar-refractivity contribution in [3.05, 3.63) is 46.3 Å². The highest BCUT2D eigenvalue weighted by Crippen LogP contribution is 2.23. The molecule has 0 bridgehead atoms. The number of aryl methyl sites for hydroxylation is 1. The Kier molecular flexibility index (Phi) is 4.06. The average Bonchev–Trinajstić information content (AvgIpc) is 2.87. The third-order valence-corrected chi connectivity index (χ3v) is 2.93. The lowest BCUT2D eigenvalue weighted by Crippen LogP contribution is -1.96. The van der Waals surface area contributed by atoms with Gasteiger partial charge in [0.25, 0.3) is 0 Å². The summed E-state index contributed by atoms with van der Waals surface area (Å²) in [5, 5.41) is 12.8. The van der Waals surface area contributed by atoms with Crippen molar-refractivity contribution >= 4 is 17.6 Å². The molecule has 0 aliphatic carbocycles. The molecule has 0 amide bonds. The lowest BCUT2D eigenvalue weighted by atomic mass is 10.1. The van der Waals surface area contributed by atoms with Crippen molar-refractivity contribution in [3.8, 4) is 5.75 Å². The standard InChI is InChI=1S/C13H12ClNO4/c1-2-8-5-9(3-4-11(8)14)18-7-10-6-12(13(16)17)15-19-10/h3-6H,2,7H2,1H3,(H,16,17). The first-order valence-electron chi connectivity index (χ1n) is 5.70. The maximum atomic E-state index is 10.6. The van der Waals surface area contributed by atoms with Crippen molar-refractivity contribution in [1.82, 2.24) is 5.16 Å². The van der Waals surface area contributed by atoms with Gasteiger partial charge in [0.1, 0.15) is 12.4 Å². The first-order chi connectivity index (χ1) is 9.10. The fourth-order valence-electron chi connectivity index (χ4n) is 1.55. The van der Waals surface area contributed by atoms with E-state index < -0.39 is 5.97 Å². The number of nitrogens with zero attached hydrogens (tertiary/aromatic N) is 1. The predicted molar refractivity (Wildman–Crippen MR) is 68.6 cm³/mol. The Hall–Kier alpha value is -2.01. The zero-order valence-corrected chi connectivity index (χ0v) is 11.0. The van der Waals surface area contributed by atoms with Gasteiger partial charge in [0.05, 0.1) is 0 Å². The molecular formula is C13H12ClNO4. The average molecular weight is 282 g/mol. The number of rotatable bonds is 5. The van der Waals surface area contributed by atoms with Crippen LogP contribution in [0.5, 0.6) is 5.75 Å². The Balaban J connectivity index is 2.03. The third-order valence-electron chi connectivity index (χ3n) is 2.56. The zero-order valence-electron chi connectivity index (χ0n) is 10.2. The van der Waals surface area contributed by atoms with E-state index in [2.05, 4.69) is 5.16 Å². The number of carbonyl (C=O) groups is 1. The van der Waals surface area contributed by atoms with E-state index in [1.807, 2.05) is 13.0 Å². The number of aromatic carboxylic acids is 1. The summed E-state index contributed by atoms with van der Waals surface area (Å²) in [7, 11) is 0. The molecule has 0 saturated heterocycles. The molecule has 0 saturated carbocycles. The van der Waals surface area contributed by atoms with E-state index in [0.717, 1.165) is 12.0 Å². The van der Waals surface area contributed by atoms with Gasteiger partial charge < -0.3 is 14.4 Å². The van der Waals surface area contributed by atoms with Gasteiger partial charge in [-0.1, -0.05) is 23.7 Å². The molecule has 2 aromatic rings. The van der Waals surface area contributed by atoms with Gasteiger partial charge in [-0.15, -0.1) is 0 Å². The number of hydrogen-bond acceptors (Lipinski definition) is 4. The molecule has 0 aliphatic heterocycles. The summed E-state index contributed by atoms with van der Waals surface area (Å²) < 4.78 is 10.3. The van der Waals surface area contributed by atoms with Crippen LogP contribution < -0.4 is 4.74 Å². The fourth-order valence-corrected chi connectivity index (χ4v) is 1.80.